The second-order valence-electron chi connectivity index (χ2n) is 7.80. The molecule has 2 aromatic rings. The lowest BCUT2D eigenvalue weighted by atomic mass is 10.0. The molecule has 4 heteroatoms. The van der Waals surface area contributed by atoms with Gasteiger partial charge in [0.2, 0.25) is 0 Å². The molecule has 0 spiro atoms. The summed E-state index contributed by atoms with van der Waals surface area (Å²) in [6, 6.07) is 14.3. The number of carbonyl (C=O) groups excluding carboxylic acids is 2. The molecule has 0 heterocycles. The van der Waals surface area contributed by atoms with E-state index < -0.39 is 11.9 Å². The van der Waals surface area contributed by atoms with Crippen LogP contribution in [-0.2, 0) is 9.59 Å². The Labute approximate surface area is 190 Å². The number of para-hydroxylation sites is 2. The van der Waals surface area contributed by atoms with E-state index in [0.717, 1.165) is 0 Å². The predicted molar refractivity (Wildman–Crippen MR) is 129 cm³/mol. The molecule has 0 amide bonds. The SMILES string of the molecule is C=CC=C(C(=O)Oc1ccccc1-c1ccccc1OC(=O)C(=CC=C)C(C)C)C(C)C. The van der Waals surface area contributed by atoms with Gasteiger partial charge in [0.25, 0.3) is 0 Å². The minimum Gasteiger partial charge on any atom is -0.422 e. The van der Waals surface area contributed by atoms with Crippen LogP contribution in [0.3, 0.4) is 0 Å². The summed E-state index contributed by atoms with van der Waals surface area (Å²) in [5.41, 5.74) is 2.32. The third kappa shape index (κ3) is 6.17. The Morgan fingerprint density at radius 1 is 0.688 bits per heavy atom. The van der Waals surface area contributed by atoms with Gasteiger partial charge in [0.1, 0.15) is 11.5 Å². The molecule has 0 bridgehead atoms. The van der Waals surface area contributed by atoms with Crippen molar-refractivity contribution in [2.75, 3.05) is 0 Å². The first-order valence-electron chi connectivity index (χ1n) is 10.6. The lowest BCUT2D eigenvalue weighted by Crippen LogP contribution is -2.16. The first kappa shape index (κ1) is 24.6. The van der Waals surface area contributed by atoms with Gasteiger partial charge in [-0.25, -0.2) is 9.59 Å². The van der Waals surface area contributed by atoms with Crippen molar-refractivity contribution in [3.05, 3.63) is 97.1 Å². The van der Waals surface area contributed by atoms with E-state index >= 15 is 0 Å². The molecule has 32 heavy (non-hydrogen) atoms. The van der Waals surface area contributed by atoms with Crippen molar-refractivity contribution in [3.8, 4) is 22.6 Å². The van der Waals surface area contributed by atoms with Crippen molar-refractivity contribution >= 4 is 11.9 Å². The van der Waals surface area contributed by atoms with Crippen LogP contribution in [0, 0.1) is 11.8 Å². The first-order chi connectivity index (χ1) is 15.3. The van der Waals surface area contributed by atoms with Gasteiger partial charge in [0.05, 0.1) is 0 Å². The standard InChI is InChI=1S/C28H30O4/c1-7-13-21(19(3)4)27(29)31-25-17-11-9-15-23(25)24-16-10-12-18-26(24)32-28(30)22(14-8-2)20(5)6/h7-20H,1-2H2,3-6H3. The number of carbonyl (C=O) groups is 2. The molecular formula is C28H30O4. The maximum absolute atomic E-state index is 12.8. The molecule has 0 fully saturated rings. The van der Waals surface area contributed by atoms with E-state index in [2.05, 4.69) is 13.2 Å². The van der Waals surface area contributed by atoms with Gasteiger partial charge in [0, 0.05) is 22.3 Å². The summed E-state index contributed by atoms with van der Waals surface area (Å²) in [4.78, 5) is 25.6. The van der Waals surface area contributed by atoms with E-state index in [9.17, 15) is 9.59 Å². The van der Waals surface area contributed by atoms with Crippen LogP contribution in [0.5, 0.6) is 11.5 Å². The fourth-order valence-corrected chi connectivity index (χ4v) is 3.12. The van der Waals surface area contributed by atoms with E-state index in [1.807, 2.05) is 52.0 Å². The lowest BCUT2D eigenvalue weighted by molar-refractivity contribution is -0.131. The first-order valence-corrected chi connectivity index (χ1v) is 10.6. The largest absolute Gasteiger partial charge is 0.422 e. The zero-order valence-electron chi connectivity index (χ0n) is 19.1. The molecular weight excluding hydrogens is 400 g/mol. The van der Waals surface area contributed by atoms with Gasteiger partial charge in [-0.15, -0.1) is 0 Å². The van der Waals surface area contributed by atoms with Crippen molar-refractivity contribution in [3.63, 3.8) is 0 Å². The number of benzene rings is 2. The summed E-state index contributed by atoms with van der Waals surface area (Å²) >= 11 is 0. The highest BCUT2D eigenvalue weighted by Crippen LogP contribution is 2.37. The smallest absolute Gasteiger partial charge is 0.339 e. The predicted octanol–water partition coefficient (Wildman–Crippen LogP) is 6.70. The normalized spacial score (nSPS) is 11.9. The van der Waals surface area contributed by atoms with Crippen LogP contribution in [0.2, 0.25) is 0 Å². The Bertz CT molecular complexity index is 969. The van der Waals surface area contributed by atoms with E-state index in [4.69, 9.17) is 9.47 Å². The number of allylic oxidation sites excluding steroid dienone is 4. The van der Waals surface area contributed by atoms with E-state index in [1.165, 1.54) is 0 Å². The molecule has 0 aliphatic carbocycles. The monoisotopic (exact) mass is 430 g/mol. The van der Waals surface area contributed by atoms with Crippen molar-refractivity contribution in [1.82, 2.24) is 0 Å². The molecule has 0 unspecified atom stereocenters. The van der Waals surface area contributed by atoms with Gasteiger partial charge in [-0.1, -0.05) is 102 Å². The fraction of sp³-hybridized carbons (Fsp3) is 0.214. The summed E-state index contributed by atoms with van der Waals surface area (Å²) in [7, 11) is 0. The Morgan fingerprint density at radius 3 is 1.34 bits per heavy atom. The van der Waals surface area contributed by atoms with Crippen molar-refractivity contribution in [1.29, 1.82) is 0 Å². The highest BCUT2D eigenvalue weighted by Gasteiger charge is 2.21. The minimum atomic E-state index is -0.446. The van der Waals surface area contributed by atoms with Crippen molar-refractivity contribution < 1.29 is 19.1 Å². The molecule has 0 aliphatic rings. The van der Waals surface area contributed by atoms with Crippen LogP contribution >= 0.6 is 0 Å². The summed E-state index contributed by atoms with van der Waals surface area (Å²) in [5.74, 6) is -0.181. The third-order valence-corrected chi connectivity index (χ3v) is 4.78. The van der Waals surface area contributed by atoms with Gasteiger partial charge in [-0.05, 0) is 24.0 Å². The summed E-state index contributed by atoms with van der Waals surface area (Å²) in [6.07, 6.45) is 6.45. The van der Waals surface area contributed by atoms with Crippen LogP contribution in [0.15, 0.2) is 97.1 Å². The quantitative estimate of drug-likeness (QED) is 0.192. The van der Waals surface area contributed by atoms with Gasteiger partial charge in [0.15, 0.2) is 0 Å². The fourth-order valence-electron chi connectivity index (χ4n) is 3.12. The van der Waals surface area contributed by atoms with Crippen LogP contribution in [0.1, 0.15) is 27.7 Å². The average molecular weight is 431 g/mol. The second-order valence-corrected chi connectivity index (χ2v) is 7.80. The average Bonchev–Trinajstić information content (AvgIpc) is 2.76. The summed E-state index contributed by atoms with van der Waals surface area (Å²) in [5, 5.41) is 0. The molecule has 0 aromatic heterocycles. The highest BCUT2D eigenvalue weighted by molar-refractivity contribution is 5.94. The number of rotatable bonds is 9. The molecule has 0 atom stereocenters. The van der Waals surface area contributed by atoms with Gasteiger partial charge in [-0.3, -0.25) is 0 Å². The van der Waals surface area contributed by atoms with Gasteiger partial charge < -0.3 is 9.47 Å². The highest BCUT2D eigenvalue weighted by atomic mass is 16.5. The van der Waals surface area contributed by atoms with Crippen molar-refractivity contribution in [2.24, 2.45) is 11.8 Å². The van der Waals surface area contributed by atoms with E-state index in [1.54, 1.807) is 48.6 Å². The number of esters is 2. The number of hydrogen-bond donors (Lipinski definition) is 0. The number of ether oxygens (including phenoxy) is 2. The summed E-state index contributed by atoms with van der Waals surface area (Å²) in [6.45, 7) is 15.0. The Kier molecular flexibility index (Phi) is 8.96. The zero-order valence-corrected chi connectivity index (χ0v) is 19.1. The molecule has 0 radical (unpaired) electrons. The van der Waals surface area contributed by atoms with Gasteiger partial charge >= 0.3 is 11.9 Å². The van der Waals surface area contributed by atoms with Crippen LogP contribution in [0.4, 0.5) is 0 Å². The maximum atomic E-state index is 12.8. The maximum Gasteiger partial charge on any atom is 0.339 e. The minimum absolute atomic E-state index is 0.0213. The van der Waals surface area contributed by atoms with Crippen LogP contribution in [0.25, 0.3) is 11.1 Å². The topological polar surface area (TPSA) is 52.6 Å². The van der Waals surface area contributed by atoms with Crippen LogP contribution < -0.4 is 9.47 Å². The van der Waals surface area contributed by atoms with Crippen molar-refractivity contribution in [2.45, 2.75) is 27.7 Å². The van der Waals surface area contributed by atoms with Crippen LogP contribution in [-0.4, -0.2) is 11.9 Å². The molecule has 0 aliphatic heterocycles. The molecule has 0 saturated heterocycles. The lowest BCUT2D eigenvalue weighted by Gasteiger charge is -2.16. The van der Waals surface area contributed by atoms with Gasteiger partial charge in [-0.2, -0.15) is 0 Å². The Hall–Kier alpha value is -3.66. The molecule has 2 aromatic carbocycles. The molecule has 166 valence electrons. The van der Waals surface area contributed by atoms with E-state index in [0.29, 0.717) is 33.8 Å². The molecule has 0 N–H and O–H groups in total. The Balaban J connectivity index is 2.45. The third-order valence-electron chi connectivity index (χ3n) is 4.78. The molecule has 4 nitrogen and oxygen atoms in total. The zero-order chi connectivity index (χ0) is 23.7. The Morgan fingerprint density at radius 2 is 1.03 bits per heavy atom. The molecule has 2 rings (SSSR count). The van der Waals surface area contributed by atoms with E-state index in [-0.39, 0.29) is 11.8 Å². The number of hydrogen-bond acceptors (Lipinski definition) is 4. The summed E-state index contributed by atoms with van der Waals surface area (Å²) < 4.78 is 11.5. The molecule has 0 saturated carbocycles. The second kappa shape index (κ2) is 11.7.